The first-order valence-electron chi connectivity index (χ1n) is 4.98. The van der Waals surface area contributed by atoms with Gasteiger partial charge in [0.05, 0.1) is 4.92 Å². The van der Waals surface area contributed by atoms with Crippen LogP contribution in [0.3, 0.4) is 0 Å². The van der Waals surface area contributed by atoms with Crippen molar-refractivity contribution >= 4 is 17.3 Å². The Hall–Kier alpha value is -1.17. The number of halogens is 1. The van der Waals surface area contributed by atoms with Gasteiger partial charge in [-0.2, -0.15) is 0 Å². The number of rotatable bonds is 6. The number of nitrogens with one attached hydrogen (secondary N) is 1. The summed E-state index contributed by atoms with van der Waals surface area (Å²) in [5.41, 5.74) is 6.13. The molecule has 1 rings (SSSR count). The van der Waals surface area contributed by atoms with E-state index in [-0.39, 0.29) is 10.7 Å². The fourth-order valence-corrected chi connectivity index (χ4v) is 1.45. The Morgan fingerprint density at radius 2 is 2.25 bits per heavy atom. The van der Waals surface area contributed by atoms with Crippen molar-refractivity contribution in [2.45, 2.75) is 13.0 Å². The van der Waals surface area contributed by atoms with Gasteiger partial charge in [0.1, 0.15) is 5.02 Å². The number of benzene rings is 1. The third kappa shape index (κ3) is 3.77. The molecule has 0 aliphatic rings. The summed E-state index contributed by atoms with van der Waals surface area (Å²) >= 11 is 5.70. The summed E-state index contributed by atoms with van der Waals surface area (Å²) in [4.78, 5) is 10.2. The smallest absolute Gasteiger partial charge is 0.288 e. The summed E-state index contributed by atoms with van der Waals surface area (Å²) in [6.45, 7) is 2.01. The number of hydrogen-bond acceptors (Lipinski definition) is 4. The Kier molecular flexibility index (Phi) is 5.18. The molecule has 0 spiro atoms. The van der Waals surface area contributed by atoms with Crippen molar-refractivity contribution in [3.63, 3.8) is 0 Å². The highest BCUT2D eigenvalue weighted by molar-refractivity contribution is 6.32. The van der Waals surface area contributed by atoms with Crippen LogP contribution >= 0.6 is 11.6 Å². The number of hydrogen-bond donors (Lipinski definition) is 2. The molecule has 0 saturated carbocycles. The van der Waals surface area contributed by atoms with Gasteiger partial charge >= 0.3 is 0 Å². The summed E-state index contributed by atoms with van der Waals surface area (Å²) in [5.74, 6) is 0. The second-order valence-electron chi connectivity index (χ2n) is 3.36. The third-order valence-corrected chi connectivity index (χ3v) is 2.41. The van der Waals surface area contributed by atoms with Crippen molar-refractivity contribution in [2.24, 2.45) is 5.73 Å². The van der Waals surface area contributed by atoms with Crippen LogP contribution in [0.25, 0.3) is 0 Å². The van der Waals surface area contributed by atoms with E-state index in [0.29, 0.717) is 13.1 Å². The Morgan fingerprint density at radius 3 is 2.88 bits per heavy atom. The van der Waals surface area contributed by atoms with Gasteiger partial charge in [-0.05, 0) is 31.1 Å². The number of nitro benzene ring substituents is 1. The van der Waals surface area contributed by atoms with Crippen molar-refractivity contribution in [1.29, 1.82) is 0 Å². The number of nitrogens with zero attached hydrogens (tertiary/aromatic N) is 1. The first-order valence-corrected chi connectivity index (χ1v) is 5.36. The summed E-state index contributed by atoms with van der Waals surface area (Å²) in [7, 11) is 0. The topological polar surface area (TPSA) is 81.2 Å². The van der Waals surface area contributed by atoms with E-state index in [2.05, 4.69) is 5.32 Å². The van der Waals surface area contributed by atoms with Crippen molar-refractivity contribution in [3.05, 3.63) is 38.9 Å². The zero-order chi connectivity index (χ0) is 12.0. The van der Waals surface area contributed by atoms with E-state index in [1.807, 2.05) is 0 Å². The molecule has 0 saturated heterocycles. The van der Waals surface area contributed by atoms with Gasteiger partial charge in [0.2, 0.25) is 0 Å². The van der Waals surface area contributed by atoms with Gasteiger partial charge < -0.3 is 11.1 Å². The minimum Gasteiger partial charge on any atom is -0.330 e. The van der Waals surface area contributed by atoms with E-state index in [1.54, 1.807) is 12.1 Å². The first kappa shape index (κ1) is 12.9. The zero-order valence-electron chi connectivity index (χ0n) is 8.78. The molecule has 0 bridgehead atoms. The van der Waals surface area contributed by atoms with Crippen LogP contribution < -0.4 is 11.1 Å². The monoisotopic (exact) mass is 243 g/mol. The number of nitrogens with two attached hydrogens (primary N) is 1. The average Bonchev–Trinajstić information content (AvgIpc) is 2.26. The molecule has 1 aromatic carbocycles. The molecule has 0 atom stereocenters. The largest absolute Gasteiger partial charge is 0.330 e. The molecule has 5 nitrogen and oxygen atoms in total. The Bertz CT molecular complexity index is 371. The van der Waals surface area contributed by atoms with Crippen molar-refractivity contribution in [2.75, 3.05) is 13.1 Å². The molecule has 0 unspecified atom stereocenters. The lowest BCUT2D eigenvalue weighted by molar-refractivity contribution is -0.384. The van der Waals surface area contributed by atoms with Crippen LogP contribution in [0.15, 0.2) is 18.2 Å². The standard InChI is InChI=1S/C10H14ClN3O2/c11-9-3-2-8(6-10(9)14(15)16)7-13-5-1-4-12/h2-3,6,13H,1,4-5,7,12H2. The minimum atomic E-state index is -0.480. The maximum atomic E-state index is 10.6. The number of nitro groups is 1. The lowest BCUT2D eigenvalue weighted by Gasteiger charge is -2.04. The van der Waals surface area contributed by atoms with E-state index in [4.69, 9.17) is 17.3 Å². The lowest BCUT2D eigenvalue weighted by Crippen LogP contribution is -2.17. The molecular weight excluding hydrogens is 230 g/mol. The van der Waals surface area contributed by atoms with Crippen molar-refractivity contribution < 1.29 is 4.92 Å². The van der Waals surface area contributed by atoms with Crippen LogP contribution in [0.4, 0.5) is 5.69 Å². The molecule has 0 aliphatic heterocycles. The highest BCUT2D eigenvalue weighted by atomic mass is 35.5. The fraction of sp³-hybridized carbons (Fsp3) is 0.400. The SMILES string of the molecule is NCCCNCc1ccc(Cl)c([N+](=O)[O-])c1. The summed E-state index contributed by atoms with van der Waals surface area (Å²) < 4.78 is 0. The molecule has 0 fully saturated rings. The summed E-state index contributed by atoms with van der Waals surface area (Å²) in [5, 5.41) is 13.9. The maximum Gasteiger partial charge on any atom is 0.288 e. The zero-order valence-corrected chi connectivity index (χ0v) is 9.54. The van der Waals surface area contributed by atoms with Gasteiger partial charge in [-0.1, -0.05) is 17.7 Å². The van der Waals surface area contributed by atoms with Crippen LogP contribution in [0.2, 0.25) is 5.02 Å². The third-order valence-electron chi connectivity index (χ3n) is 2.09. The van der Waals surface area contributed by atoms with E-state index in [0.717, 1.165) is 18.5 Å². The molecule has 0 aliphatic carbocycles. The quantitative estimate of drug-likeness (QED) is 0.453. The van der Waals surface area contributed by atoms with Gasteiger partial charge in [0, 0.05) is 12.6 Å². The molecule has 0 aromatic heterocycles. The molecular formula is C10H14ClN3O2. The lowest BCUT2D eigenvalue weighted by atomic mass is 10.2. The maximum absolute atomic E-state index is 10.6. The van der Waals surface area contributed by atoms with E-state index < -0.39 is 4.92 Å². The van der Waals surface area contributed by atoms with Crippen LogP contribution in [0.1, 0.15) is 12.0 Å². The molecule has 0 amide bonds. The highest BCUT2D eigenvalue weighted by Gasteiger charge is 2.12. The van der Waals surface area contributed by atoms with E-state index >= 15 is 0 Å². The fourth-order valence-electron chi connectivity index (χ4n) is 1.27. The molecule has 3 N–H and O–H groups in total. The summed E-state index contributed by atoms with van der Waals surface area (Å²) in [6.07, 6.45) is 0.885. The second-order valence-corrected chi connectivity index (χ2v) is 3.77. The second kappa shape index (κ2) is 6.42. The molecule has 6 heteroatoms. The van der Waals surface area contributed by atoms with Crippen LogP contribution in [-0.4, -0.2) is 18.0 Å². The predicted molar refractivity (Wildman–Crippen MR) is 63.5 cm³/mol. The van der Waals surface area contributed by atoms with Crippen LogP contribution in [0.5, 0.6) is 0 Å². The Balaban J connectivity index is 2.61. The minimum absolute atomic E-state index is 0.0557. The van der Waals surface area contributed by atoms with Gasteiger partial charge in [-0.3, -0.25) is 10.1 Å². The van der Waals surface area contributed by atoms with Gasteiger partial charge in [-0.15, -0.1) is 0 Å². The first-order chi connectivity index (χ1) is 7.65. The van der Waals surface area contributed by atoms with Crippen molar-refractivity contribution in [1.82, 2.24) is 5.32 Å². The van der Waals surface area contributed by atoms with Gasteiger partial charge in [0.25, 0.3) is 5.69 Å². The molecule has 16 heavy (non-hydrogen) atoms. The Morgan fingerprint density at radius 1 is 1.50 bits per heavy atom. The van der Waals surface area contributed by atoms with Crippen molar-refractivity contribution in [3.8, 4) is 0 Å². The van der Waals surface area contributed by atoms with Gasteiger partial charge in [0.15, 0.2) is 0 Å². The van der Waals surface area contributed by atoms with E-state index in [1.165, 1.54) is 6.07 Å². The summed E-state index contributed by atoms with van der Waals surface area (Å²) in [6, 6.07) is 4.79. The van der Waals surface area contributed by atoms with Gasteiger partial charge in [-0.25, -0.2) is 0 Å². The highest BCUT2D eigenvalue weighted by Crippen LogP contribution is 2.24. The van der Waals surface area contributed by atoms with Crippen LogP contribution in [0, 0.1) is 10.1 Å². The molecule has 0 radical (unpaired) electrons. The molecule has 0 heterocycles. The molecule has 88 valence electrons. The van der Waals surface area contributed by atoms with Crippen LogP contribution in [-0.2, 0) is 6.54 Å². The average molecular weight is 244 g/mol. The normalized spacial score (nSPS) is 10.4. The predicted octanol–water partition coefficient (Wildman–Crippen LogP) is 1.69. The van der Waals surface area contributed by atoms with E-state index in [9.17, 15) is 10.1 Å². The molecule has 1 aromatic rings. The Labute approximate surface area is 98.7 Å².